The number of alkyl halides is 3. The number of fused-ring (bicyclic) bond motifs is 5. The van der Waals surface area contributed by atoms with Gasteiger partial charge in [-0.3, -0.25) is 14.4 Å². The highest BCUT2D eigenvalue weighted by molar-refractivity contribution is 6.39. The Morgan fingerprint density at radius 2 is 1.93 bits per heavy atom. The largest absolute Gasteiger partial charge is 0.298 e. The Balaban J connectivity index is 1.91. The van der Waals surface area contributed by atoms with Crippen molar-refractivity contribution in [3.8, 4) is 0 Å². The highest BCUT2D eigenvalue weighted by Crippen LogP contribution is 2.70. The zero-order valence-electron chi connectivity index (χ0n) is 16.6. The maximum absolute atomic E-state index is 13.4. The van der Waals surface area contributed by atoms with E-state index >= 15 is 0 Å². The van der Waals surface area contributed by atoms with Crippen molar-refractivity contribution >= 4 is 52.2 Å². The normalized spacial score (nSPS) is 49.0. The third-order valence-corrected chi connectivity index (χ3v) is 10.2. The van der Waals surface area contributed by atoms with E-state index in [1.807, 2.05) is 13.0 Å². The van der Waals surface area contributed by atoms with Crippen LogP contribution in [0, 0.1) is 34.5 Å². The molecule has 3 nitrogen and oxygen atoms in total. The van der Waals surface area contributed by atoms with Gasteiger partial charge in [-0.1, -0.05) is 24.6 Å². The summed E-state index contributed by atoms with van der Waals surface area (Å²) >= 11 is 20.9. The van der Waals surface area contributed by atoms with E-state index in [0.717, 1.165) is 0 Å². The molecule has 4 rings (SSSR count). The molecule has 4 aliphatic rings. The van der Waals surface area contributed by atoms with Crippen molar-refractivity contribution in [2.24, 2.45) is 34.5 Å². The minimum Gasteiger partial charge on any atom is -0.298 e. The molecule has 0 radical (unpaired) electrons. The lowest BCUT2D eigenvalue weighted by Gasteiger charge is -2.62. The van der Waals surface area contributed by atoms with Gasteiger partial charge in [-0.25, -0.2) is 4.39 Å². The van der Waals surface area contributed by atoms with Gasteiger partial charge < -0.3 is 0 Å². The smallest absolute Gasteiger partial charge is 0.167 e. The fourth-order valence-corrected chi connectivity index (χ4v) is 8.31. The van der Waals surface area contributed by atoms with Crippen molar-refractivity contribution in [3.63, 3.8) is 0 Å². The molecule has 158 valence electrons. The van der Waals surface area contributed by atoms with Gasteiger partial charge in [-0.2, -0.15) is 0 Å². The molecular formula is C22H24Cl3FO3. The van der Waals surface area contributed by atoms with Gasteiger partial charge in [0.2, 0.25) is 0 Å². The third-order valence-electron chi connectivity index (χ3n) is 8.41. The number of hydrogen-bond donors (Lipinski definition) is 0. The Morgan fingerprint density at radius 3 is 2.55 bits per heavy atom. The maximum atomic E-state index is 13.4. The van der Waals surface area contributed by atoms with Crippen molar-refractivity contribution < 1.29 is 18.8 Å². The Bertz CT molecular complexity index is 883. The first-order valence-corrected chi connectivity index (χ1v) is 11.2. The van der Waals surface area contributed by atoms with Crippen LogP contribution >= 0.6 is 34.8 Å². The molecule has 2 unspecified atom stereocenters. The van der Waals surface area contributed by atoms with Gasteiger partial charge >= 0.3 is 0 Å². The van der Waals surface area contributed by atoms with Gasteiger partial charge in [0.1, 0.15) is 6.67 Å². The summed E-state index contributed by atoms with van der Waals surface area (Å²) in [5.74, 6) is -2.59. The summed E-state index contributed by atoms with van der Waals surface area (Å²) in [6.07, 6.45) is 4.92. The highest BCUT2D eigenvalue weighted by Gasteiger charge is 2.72. The average Bonchev–Trinajstić information content (AvgIpc) is 3.01. The number of allylic oxidation sites excluding steroid dienone is 4. The second-order valence-corrected chi connectivity index (χ2v) is 11.1. The number of ketones is 3. The van der Waals surface area contributed by atoms with Crippen LogP contribution in [0.1, 0.15) is 40.0 Å². The highest BCUT2D eigenvalue weighted by atomic mass is 35.5. The van der Waals surface area contributed by atoms with Crippen LogP contribution in [0.2, 0.25) is 0 Å². The van der Waals surface area contributed by atoms with E-state index in [-0.39, 0.29) is 23.4 Å². The summed E-state index contributed by atoms with van der Waals surface area (Å²) in [6.45, 7) is 4.33. The fourth-order valence-electron chi connectivity index (χ4n) is 6.75. The van der Waals surface area contributed by atoms with Crippen LogP contribution in [0.4, 0.5) is 4.39 Å². The van der Waals surface area contributed by atoms with E-state index in [2.05, 4.69) is 0 Å². The topological polar surface area (TPSA) is 51.2 Å². The lowest BCUT2D eigenvalue weighted by molar-refractivity contribution is -0.141. The van der Waals surface area contributed by atoms with Gasteiger partial charge in [-0.05, 0) is 56.1 Å². The predicted molar refractivity (Wildman–Crippen MR) is 111 cm³/mol. The van der Waals surface area contributed by atoms with E-state index in [4.69, 9.17) is 34.8 Å². The monoisotopic (exact) mass is 460 g/mol. The molecule has 0 amide bonds. The Labute approximate surface area is 185 Å². The van der Waals surface area contributed by atoms with Gasteiger partial charge in [-0.15, -0.1) is 23.2 Å². The molecule has 0 heterocycles. The molecule has 4 aliphatic carbocycles. The van der Waals surface area contributed by atoms with E-state index in [1.165, 1.54) is 6.08 Å². The van der Waals surface area contributed by atoms with Crippen LogP contribution in [0.25, 0.3) is 0 Å². The van der Waals surface area contributed by atoms with E-state index in [0.29, 0.717) is 29.9 Å². The van der Waals surface area contributed by atoms with E-state index in [9.17, 15) is 18.8 Å². The molecule has 0 bridgehead atoms. The number of rotatable bonds is 2. The SMILES string of the molecule is CC1C(=O)C=C2C(Cl)=C[C@H]3[C@@H]4CC[C@H](C(=O)CF)[C@@]4(C)CC(Cl)[C@]3(Cl)[C@@]2(C)C1=O. The van der Waals surface area contributed by atoms with Crippen molar-refractivity contribution in [3.05, 3.63) is 22.8 Å². The van der Waals surface area contributed by atoms with Crippen LogP contribution < -0.4 is 0 Å². The van der Waals surface area contributed by atoms with Crippen LogP contribution in [0.15, 0.2) is 22.8 Å². The van der Waals surface area contributed by atoms with Gasteiger partial charge in [0.15, 0.2) is 17.3 Å². The van der Waals surface area contributed by atoms with Gasteiger partial charge in [0, 0.05) is 16.9 Å². The summed E-state index contributed by atoms with van der Waals surface area (Å²) in [4.78, 5) is 36.9. The van der Waals surface area contributed by atoms with Crippen molar-refractivity contribution in [2.75, 3.05) is 6.67 Å². The summed E-state index contributed by atoms with van der Waals surface area (Å²) in [5, 5.41) is -0.307. The third kappa shape index (κ3) is 2.46. The number of carbonyl (C=O) groups is 3. The van der Waals surface area contributed by atoms with Crippen molar-refractivity contribution in [2.45, 2.75) is 50.3 Å². The molecule has 0 aromatic heterocycles. The minimum absolute atomic E-state index is 0.0524. The quantitative estimate of drug-likeness (QED) is 0.428. The molecule has 0 spiro atoms. The minimum atomic E-state index is -1.21. The first-order valence-electron chi connectivity index (χ1n) is 10.0. The van der Waals surface area contributed by atoms with Gasteiger partial charge in [0.25, 0.3) is 0 Å². The predicted octanol–water partition coefficient (Wildman–Crippen LogP) is 5.02. The molecule has 0 aromatic rings. The van der Waals surface area contributed by atoms with Crippen LogP contribution in [-0.2, 0) is 14.4 Å². The molecule has 0 aliphatic heterocycles. The molecule has 2 fully saturated rings. The molecule has 0 saturated heterocycles. The lowest BCUT2D eigenvalue weighted by atomic mass is 9.46. The summed E-state index contributed by atoms with van der Waals surface area (Å²) < 4.78 is 13.2. The number of halogens is 4. The molecule has 8 atom stereocenters. The van der Waals surface area contributed by atoms with Crippen molar-refractivity contribution in [1.82, 2.24) is 0 Å². The Morgan fingerprint density at radius 1 is 1.28 bits per heavy atom. The molecule has 2 saturated carbocycles. The second kappa shape index (κ2) is 6.64. The number of carbonyl (C=O) groups excluding carboxylic acids is 3. The van der Waals surface area contributed by atoms with E-state index in [1.54, 1.807) is 13.8 Å². The van der Waals surface area contributed by atoms with E-state index < -0.39 is 45.4 Å². The fraction of sp³-hybridized carbons (Fsp3) is 0.682. The summed E-state index contributed by atoms with van der Waals surface area (Å²) in [6, 6.07) is 0. The zero-order valence-corrected chi connectivity index (χ0v) is 18.9. The zero-order chi connectivity index (χ0) is 21.5. The Hall–Kier alpha value is -0.710. The Kier molecular flexibility index (Phi) is 4.93. The van der Waals surface area contributed by atoms with Crippen LogP contribution in [-0.4, -0.2) is 34.3 Å². The lowest BCUT2D eigenvalue weighted by Crippen LogP contribution is -2.67. The molecular weight excluding hydrogens is 438 g/mol. The first-order chi connectivity index (χ1) is 13.4. The number of Topliss-reactive ketones (excluding diaryl/α,β-unsaturated/α-hetero) is 2. The van der Waals surface area contributed by atoms with Crippen LogP contribution in [0.5, 0.6) is 0 Å². The maximum Gasteiger partial charge on any atom is 0.167 e. The van der Waals surface area contributed by atoms with Crippen molar-refractivity contribution in [1.29, 1.82) is 0 Å². The average molecular weight is 462 g/mol. The standard InChI is InChI=1S/C22H24Cl3FO3/c1-10-16(27)7-14-15(23)6-13-11-4-5-12(17(28)9-26)20(11,2)8-18(24)22(13,25)21(14,3)19(10)29/h6-7,10-13,18H,4-5,8-9H2,1-3H3/t10?,11-,12+,13-,18?,20-,21+,22-/m0/s1. The molecule has 29 heavy (non-hydrogen) atoms. The summed E-state index contributed by atoms with van der Waals surface area (Å²) in [7, 11) is 0. The number of hydrogen-bond acceptors (Lipinski definition) is 3. The summed E-state index contributed by atoms with van der Waals surface area (Å²) in [5.41, 5.74) is -1.29. The molecule has 7 heteroatoms. The second-order valence-electron chi connectivity index (χ2n) is 9.49. The van der Waals surface area contributed by atoms with Crippen LogP contribution in [0.3, 0.4) is 0 Å². The molecule has 0 aromatic carbocycles. The van der Waals surface area contributed by atoms with Gasteiger partial charge in [0.05, 0.1) is 21.6 Å². The molecule has 0 N–H and O–H groups in total. The first kappa shape index (κ1) is 21.5.